The average molecular weight is 271 g/mol. The summed E-state index contributed by atoms with van der Waals surface area (Å²) in [6.07, 6.45) is 3.62. The Morgan fingerprint density at radius 2 is 2.22 bits per heavy atom. The van der Waals surface area contributed by atoms with Crippen molar-refractivity contribution in [3.63, 3.8) is 0 Å². The molecule has 1 N–H and O–H groups in total. The Morgan fingerprint density at radius 1 is 1.50 bits per heavy atom. The van der Waals surface area contributed by atoms with Gasteiger partial charge in [-0.15, -0.1) is 0 Å². The molecule has 102 valence electrons. The number of nitrogens with zero attached hydrogens (tertiary/aromatic N) is 2. The molecule has 5 nitrogen and oxygen atoms in total. The van der Waals surface area contributed by atoms with Crippen LogP contribution in [-0.2, 0) is 9.84 Å². The van der Waals surface area contributed by atoms with Crippen molar-refractivity contribution < 1.29 is 8.42 Å². The maximum Gasteiger partial charge on any atom is 0.203 e. The second kappa shape index (κ2) is 4.91. The standard InChI is InChI=1S/C12H21N3O2S/c1-9(2)15-7-10(3)13-12(15)14-11-5-4-6-18(16,17)8-11/h7,9,11H,4-6,8H2,1-3H3,(H,13,14). The van der Waals surface area contributed by atoms with Crippen molar-refractivity contribution in [2.24, 2.45) is 0 Å². The van der Waals surface area contributed by atoms with E-state index >= 15 is 0 Å². The molecule has 1 unspecified atom stereocenters. The quantitative estimate of drug-likeness (QED) is 0.910. The van der Waals surface area contributed by atoms with Crippen LogP contribution in [0.25, 0.3) is 0 Å². The summed E-state index contributed by atoms with van der Waals surface area (Å²) in [6, 6.07) is 0.303. The van der Waals surface area contributed by atoms with E-state index in [2.05, 4.69) is 28.7 Å². The molecule has 1 aromatic rings. The molecule has 1 fully saturated rings. The molecular weight excluding hydrogens is 250 g/mol. The molecule has 1 atom stereocenters. The first-order valence-electron chi connectivity index (χ1n) is 6.40. The topological polar surface area (TPSA) is 64.0 Å². The molecule has 6 heteroatoms. The minimum Gasteiger partial charge on any atom is -0.352 e. The molecule has 0 spiro atoms. The fourth-order valence-electron chi connectivity index (χ4n) is 2.34. The maximum absolute atomic E-state index is 11.6. The van der Waals surface area contributed by atoms with E-state index in [4.69, 9.17) is 0 Å². The summed E-state index contributed by atoms with van der Waals surface area (Å²) in [6.45, 7) is 6.12. The zero-order chi connectivity index (χ0) is 13.3. The molecule has 1 aliphatic rings. The van der Waals surface area contributed by atoms with Crippen molar-refractivity contribution in [1.82, 2.24) is 9.55 Å². The lowest BCUT2D eigenvalue weighted by molar-refractivity contribution is 0.554. The molecule has 1 aliphatic heterocycles. The largest absolute Gasteiger partial charge is 0.352 e. The highest BCUT2D eigenvalue weighted by atomic mass is 32.2. The number of sulfone groups is 1. The van der Waals surface area contributed by atoms with Crippen LogP contribution in [0.3, 0.4) is 0 Å². The van der Waals surface area contributed by atoms with Gasteiger partial charge < -0.3 is 9.88 Å². The molecule has 0 aliphatic carbocycles. The van der Waals surface area contributed by atoms with Crippen molar-refractivity contribution in [3.8, 4) is 0 Å². The average Bonchev–Trinajstić information content (AvgIpc) is 2.58. The Morgan fingerprint density at radius 3 is 2.83 bits per heavy atom. The van der Waals surface area contributed by atoms with E-state index in [1.165, 1.54) is 0 Å². The Bertz CT molecular complexity index is 519. The van der Waals surface area contributed by atoms with Gasteiger partial charge in [-0.1, -0.05) is 0 Å². The van der Waals surface area contributed by atoms with Gasteiger partial charge in [-0.25, -0.2) is 13.4 Å². The first-order chi connectivity index (χ1) is 8.37. The Balaban J connectivity index is 2.14. The van der Waals surface area contributed by atoms with Crippen LogP contribution in [0.15, 0.2) is 6.20 Å². The number of nitrogens with one attached hydrogen (secondary N) is 1. The molecule has 0 saturated carbocycles. The van der Waals surface area contributed by atoms with Gasteiger partial charge in [0.2, 0.25) is 5.95 Å². The third kappa shape index (κ3) is 3.04. The van der Waals surface area contributed by atoms with Crippen LogP contribution in [0.2, 0.25) is 0 Å². The Kier molecular flexibility index (Phi) is 3.66. The van der Waals surface area contributed by atoms with Gasteiger partial charge in [-0.3, -0.25) is 0 Å². The minimum atomic E-state index is -2.88. The highest BCUT2D eigenvalue weighted by Crippen LogP contribution is 2.20. The normalized spacial score (nSPS) is 23.2. The fraction of sp³-hybridized carbons (Fsp3) is 0.750. The monoisotopic (exact) mass is 271 g/mol. The molecule has 0 bridgehead atoms. The van der Waals surface area contributed by atoms with Crippen molar-refractivity contribution in [3.05, 3.63) is 11.9 Å². The van der Waals surface area contributed by atoms with Crippen LogP contribution in [0.4, 0.5) is 5.95 Å². The van der Waals surface area contributed by atoms with Gasteiger partial charge in [-0.2, -0.15) is 0 Å². The van der Waals surface area contributed by atoms with Crippen LogP contribution in [0.1, 0.15) is 38.4 Å². The van der Waals surface area contributed by atoms with Crippen LogP contribution in [0, 0.1) is 6.92 Å². The predicted octanol–water partition coefficient (Wildman–Crippen LogP) is 1.76. The summed E-state index contributed by atoms with van der Waals surface area (Å²) in [5.74, 6) is 1.32. The number of rotatable bonds is 3. The minimum absolute atomic E-state index is 0.0111. The SMILES string of the molecule is Cc1cn(C(C)C)c(NC2CCCS(=O)(=O)C2)n1. The number of anilines is 1. The lowest BCUT2D eigenvalue weighted by atomic mass is 10.2. The molecule has 0 amide bonds. The second-order valence-corrected chi connectivity index (χ2v) is 7.53. The molecule has 2 rings (SSSR count). The van der Waals surface area contributed by atoms with Crippen molar-refractivity contribution in [2.75, 3.05) is 16.8 Å². The van der Waals surface area contributed by atoms with Gasteiger partial charge in [0.25, 0.3) is 0 Å². The summed E-state index contributed by atoms with van der Waals surface area (Å²) in [5.41, 5.74) is 0.949. The summed E-state index contributed by atoms with van der Waals surface area (Å²) < 4.78 is 25.3. The molecular formula is C12H21N3O2S. The van der Waals surface area contributed by atoms with Gasteiger partial charge >= 0.3 is 0 Å². The number of imidazole rings is 1. The molecule has 1 saturated heterocycles. The molecule has 18 heavy (non-hydrogen) atoms. The zero-order valence-electron chi connectivity index (χ0n) is 11.2. The van der Waals surface area contributed by atoms with Crippen molar-refractivity contribution in [2.45, 2.75) is 45.7 Å². The number of aromatic nitrogens is 2. The van der Waals surface area contributed by atoms with E-state index < -0.39 is 9.84 Å². The van der Waals surface area contributed by atoms with Gasteiger partial charge in [0, 0.05) is 18.3 Å². The van der Waals surface area contributed by atoms with E-state index in [9.17, 15) is 8.42 Å². The zero-order valence-corrected chi connectivity index (χ0v) is 12.0. The smallest absolute Gasteiger partial charge is 0.203 e. The number of hydrogen-bond donors (Lipinski definition) is 1. The van der Waals surface area contributed by atoms with Gasteiger partial charge in [-0.05, 0) is 33.6 Å². The van der Waals surface area contributed by atoms with Gasteiger partial charge in [0.15, 0.2) is 9.84 Å². The van der Waals surface area contributed by atoms with Crippen LogP contribution >= 0.6 is 0 Å². The number of hydrogen-bond acceptors (Lipinski definition) is 4. The molecule has 1 aromatic heterocycles. The summed E-state index contributed by atoms with van der Waals surface area (Å²) in [4.78, 5) is 4.43. The third-order valence-electron chi connectivity index (χ3n) is 3.21. The number of aryl methyl sites for hydroxylation is 1. The van der Waals surface area contributed by atoms with Crippen LogP contribution < -0.4 is 5.32 Å². The summed E-state index contributed by atoms with van der Waals surface area (Å²) in [7, 11) is -2.88. The van der Waals surface area contributed by atoms with E-state index in [-0.39, 0.29) is 11.8 Å². The van der Waals surface area contributed by atoms with E-state index in [0.29, 0.717) is 11.8 Å². The van der Waals surface area contributed by atoms with Crippen LogP contribution in [0.5, 0.6) is 0 Å². The van der Waals surface area contributed by atoms with E-state index in [1.807, 2.05) is 13.1 Å². The first-order valence-corrected chi connectivity index (χ1v) is 8.22. The Labute approximate surface area is 109 Å². The second-order valence-electron chi connectivity index (χ2n) is 5.30. The molecule has 2 heterocycles. The molecule has 0 radical (unpaired) electrons. The highest BCUT2D eigenvalue weighted by Gasteiger charge is 2.25. The van der Waals surface area contributed by atoms with E-state index in [1.54, 1.807) is 0 Å². The van der Waals surface area contributed by atoms with Crippen molar-refractivity contribution in [1.29, 1.82) is 0 Å². The lowest BCUT2D eigenvalue weighted by Crippen LogP contribution is -2.35. The summed E-state index contributed by atoms with van der Waals surface area (Å²) in [5, 5.41) is 3.28. The Hall–Kier alpha value is -1.04. The van der Waals surface area contributed by atoms with Gasteiger partial charge in [0.1, 0.15) is 0 Å². The highest BCUT2D eigenvalue weighted by molar-refractivity contribution is 7.91. The maximum atomic E-state index is 11.6. The fourth-order valence-corrected chi connectivity index (χ4v) is 3.97. The van der Waals surface area contributed by atoms with Crippen molar-refractivity contribution >= 4 is 15.8 Å². The van der Waals surface area contributed by atoms with Crippen LogP contribution in [-0.4, -0.2) is 35.5 Å². The van der Waals surface area contributed by atoms with Gasteiger partial charge in [0.05, 0.1) is 17.2 Å². The first kappa shape index (κ1) is 13.4. The predicted molar refractivity (Wildman–Crippen MR) is 72.6 cm³/mol. The molecule has 0 aromatic carbocycles. The third-order valence-corrected chi connectivity index (χ3v) is 5.03. The lowest BCUT2D eigenvalue weighted by Gasteiger charge is -2.24. The summed E-state index contributed by atoms with van der Waals surface area (Å²) >= 11 is 0. The van der Waals surface area contributed by atoms with E-state index in [0.717, 1.165) is 24.5 Å².